The molecular formula is C21H22N4O2. The molecule has 1 aromatic carbocycles. The summed E-state index contributed by atoms with van der Waals surface area (Å²) in [4.78, 5) is 18.8. The third-order valence-corrected chi connectivity index (χ3v) is 4.83. The van der Waals surface area contributed by atoms with E-state index in [1.54, 1.807) is 22.0 Å². The predicted octanol–water partition coefficient (Wildman–Crippen LogP) is 2.85. The number of hydrogen-bond donors (Lipinski definition) is 0. The Morgan fingerprint density at radius 2 is 2.19 bits per heavy atom. The topological polar surface area (TPSA) is 60.2 Å². The fraction of sp³-hybridized carbons (Fsp3) is 0.286. The van der Waals surface area contributed by atoms with Gasteiger partial charge in [-0.1, -0.05) is 17.7 Å². The van der Waals surface area contributed by atoms with E-state index in [0.717, 1.165) is 40.2 Å². The molecule has 0 spiro atoms. The molecule has 3 heterocycles. The molecule has 27 heavy (non-hydrogen) atoms. The maximum atomic E-state index is 12.7. The van der Waals surface area contributed by atoms with Crippen LogP contribution >= 0.6 is 0 Å². The highest BCUT2D eigenvalue weighted by atomic mass is 16.5. The number of fused-ring (bicyclic) bond motifs is 3. The van der Waals surface area contributed by atoms with Gasteiger partial charge >= 0.3 is 0 Å². The number of carbonyl (C=O) groups is 1. The van der Waals surface area contributed by atoms with Gasteiger partial charge in [0.2, 0.25) is 5.91 Å². The number of aromatic nitrogens is 3. The van der Waals surface area contributed by atoms with Crippen molar-refractivity contribution in [2.75, 3.05) is 13.6 Å². The number of ether oxygens (including phenoxy) is 1. The number of nitrogens with zero attached hydrogens (tertiary/aromatic N) is 4. The number of pyridine rings is 1. The SMILES string of the molecule is Cc1ccc2c(c1)-c1c(cnn1CC(=O)N(C)CCc1ccccn1)CO2. The van der Waals surface area contributed by atoms with Crippen molar-refractivity contribution in [2.24, 2.45) is 0 Å². The molecule has 0 radical (unpaired) electrons. The lowest BCUT2D eigenvalue weighted by Gasteiger charge is -2.21. The molecule has 6 nitrogen and oxygen atoms in total. The Hall–Kier alpha value is -3.15. The Bertz CT molecular complexity index is 966. The average molecular weight is 362 g/mol. The van der Waals surface area contributed by atoms with Crippen LogP contribution in [0.5, 0.6) is 5.75 Å². The van der Waals surface area contributed by atoms with Gasteiger partial charge in [-0.2, -0.15) is 5.10 Å². The van der Waals surface area contributed by atoms with Crippen LogP contribution in [0.2, 0.25) is 0 Å². The van der Waals surface area contributed by atoms with Crippen molar-refractivity contribution >= 4 is 5.91 Å². The largest absolute Gasteiger partial charge is 0.488 e. The molecule has 0 unspecified atom stereocenters. The molecule has 2 aromatic heterocycles. The number of aryl methyl sites for hydroxylation is 1. The Balaban J connectivity index is 1.49. The van der Waals surface area contributed by atoms with E-state index in [2.05, 4.69) is 16.1 Å². The number of carbonyl (C=O) groups excluding carboxylic acids is 1. The Labute approximate surface area is 158 Å². The van der Waals surface area contributed by atoms with Crippen LogP contribution < -0.4 is 4.74 Å². The lowest BCUT2D eigenvalue weighted by Crippen LogP contribution is -2.32. The molecule has 0 N–H and O–H groups in total. The normalized spacial score (nSPS) is 12.1. The van der Waals surface area contributed by atoms with Crippen LogP contribution in [-0.2, 0) is 24.4 Å². The second-order valence-corrected chi connectivity index (χ2v) is 6.85. The summed E-state index contributed by atoms with van der Waals surface area (Å²) >= 11 is 0. The smallest absolute Gasteiger partial charge is 0.244 e. The molecule has 0 atom stereocenters. The first kappa shape index (κ1) is 17.3. The molecule has 4 rings (SSSR count). The lowest BCUT2D eigenvalue weighted by atomic mass is 10.0. The highest BCUT2D eigenvalue weighted by molar-refractivity contribution is 5.78. The highest BCUT2D eigenvalue weighted by Gasteiger charge is 2.24. The van der Waals surface area contributed by atoms with Crippen LogP contribution in [-0.4, -0.2) is 39.2 Å². The van der Waals surface area contributed by atoms with Crippen LogP contribution in [0, 0.1) is 6.92 Å². The van der Waals surface area contributed by atoms with Gasteiger partial charge in [0.1, 0.15) is 18.9 Å². The van der Waals surface area contributed by atoms with Gasteiger partial charge in [0.05, 0.1) is 11.9 Å². The van der Waals surface area contributed by atoms with Crippen molar-refractivity contribution < 1.29 is 9.53 Å². The van der Waals surface area contributed by atoms with Crippen LogP contribution in [0.15, 0.2) is 48.8 Å². The first-order valence-electron chi connectivity index (χ1n) is 9.04. The molecule has 0 saturated carbocycles. The third-order valence-electron chi connectivity index (χ3n) is 4.83. The van der Waals surface area contributed by atoms with Crippen molar-refractivity contribution in [1.29, 1.82) is 0 Å². The molecule has 0 bridgehead atoms. The predicted molar refractivity (Wildman–Crippen MR) is 102 cm³/mol. The van der Waals surface area contributed by atoms with E-state index in [4.69, 9.17) is 4.74 Å². The molecule has 3 aromatic rings. The second-order valence-electron chi connectivity index (χ2n) is 6.85. The quantitative estimate of drug-likeness (QED) is 0.700. The summed E-state index contributed by atoms with van der Waals surface area (Å²) in [6.45, 7) is 3.36. The summed E-state index contributed by atoms with van der Waals surface area (Å²) in [5, 5.41) is 4.44. The van der Waals surface area contributed by atoms with Crippen LogP contribution in [0.1, 0.15) is 16.8 Å². The zero-order valence-corrected chi connectivity index (χ0v) is 15.6. The fourth-order valence-electron chi connectivity index (χ4n) is 3.27. The van der Waals surface area contributed by atoms with Gasteiger partial charge in [0, 0.05) is 43.0 Å². The van der Waals surface area contributed by atoms with E-state index in [1.807, 2.05) is 44.3 Å². The molecule has 0 saturated heterocycles. The lowest BCUT2D eigenvalue weighted by molar-refractivity contribution is -0.130. The van der Waals surface area contributed by atoms with Gasteiger partial charge in [-0.3, -0.25) is 14.5 Å². The fourth-order valence-corrected chi connectivity index (χ4v) is 3.27. The molecular weight excluding hydrogens is 340 g/mol. The Morgan fingerprint density at radius 1 is 1.30 bits per heavy atom. The van der Waals surface area contributed by atoms with E-state index >= 15 is 0 Å². The van der Waals surface area contributed by atoms with Gasteiger partial charge in [-0.15, -0.1) is 0 Å². The Kier molecular flexibility index (Phi) is 4.62. The van der Waals surface area contributed by atoms with E-state index in [0.29, 0.717) is 13.2 Å². The molecule has 138 valence electrons. The number of benzene rings is 1. The second kappa shape index (κ2) is 7.23. The Morgan fingerprint density at radius 3 is 3.00 bits per heavy atom. The number of rotatable bonds is 5. The van der Waals surface area contributed by atoms with Crippen LogP contribution in [0.4, 0.5) is 0 Å². The maximum absolute atomic E-state index is 12.7. The third kappa shape index (κ3) is 3.56. The van der Waals surface area contributed by atoms with E-state index in [9.17, 15) is 4.79 Å². The van der Waals surface area contributed by atoms with E-state index < -0.39 is 0 Å². The molecule has 6 heteroatoms. The minimum absolute atomic E-state index is 0.0255. The molecule has 1 aliphatic heterocycles. The first-order valence-corrected chi connectivity index (χ1v) is 9.04. The van der Waals surface area contributed by atoms with E-state index in [1.165, 1.54) is 0 Å². The molecule has 0 fully saturated rings. The zero-order chi connectivity index (χ0) is 18.8. The van der Waals surface area contributed by atoms with Gasteiger partial charge in [-0.05, 0) is 31.2 Å². The van der Waals surface area contributed by atoms with Gasteiger partial charge < -0.3 is 9.64 Å². The first-order chi connectivity index (χ1) is 13.1. The number of hydrogen-bond acceptors (Lipinski definition) is 4. The van der Waals surface area contributed by atoms with Crippen molar-refractivity contribution in [3.63, 3.8) is 0 Å². The molecule has 1 amide bonds. The summed E-state index contributed by atoms with van der Waals surface area (Å²) < 4.78 is 7.59. The van der Waals surface area contributed by atoms with Crippen molar-refractivity contribution in [1.82, 2.24) is 19.7 Å². The van der Waals surface area contributed by atoms with E-state index in [-0.39, 0.29) is 12.5 Å². The maximum Gasteiger partial charge on any atom is 0.244 e. The monoisotopic (exact) mass is 362 g/mol. The summed E-state index contributed by atoms with van der Waals surface area (Å²) in [6, 6.07) is 11.9. The van der Waals surface area contributed by atoms with Gasteiger partial charge in [0.15, 0.2) is 0 Å². The minimum atomic E-state index is 0.0255. The van der Waals surface area contributed by atoms with Crippen molar-refractivity contribution in [2.45, 2.75) is 26.5 Å². The average Bonchev–Trinajstić information content (AvgIpc) is 3.10. The summed E-state index contributed by atoms with van der Waals surface area (Å²) in [7, 11) is 1.82. The van der Waals surface area contributed by atoms with Gasteiger partial charge in [-0.25, -0.2) is 0 Å². The molecule has 0 aliphatic carbocycles. The van der Waals surface area contributed by atoms with Gasteiger partial charge in [0.25, 0.3) is 0 Å². The van der Waals surface area contributed by atoms with Crippen molar-refractivity contribution in [3.05, 3.63) is 65.6 Å². The van der Waals surface area contributed by atoms with Crippen molar-refractivity contribution in [3.8, 4) is 17.0 Å². The summed E-state index contributed by atoms with van der Waals surface area (Å²) in [5.41, 5.74) is 5.12. The zero-order valence-electron chi connectivity index (χ0n) is 15.6. The summed E-state index contributed by atoms with van der Waals surface area (Å²) in [5.74, 6) is 0.864. The van der Waals surface area contributed by atoms with Crippen LogP contribution in [0.25, 0.3) is 11.3 Å². The minimum Gasteiger partial charge on any atom is -0.488 e. The molecule has 1 aliphatic rings. The van der Waals surface area contributed by atoms with Crippen LogP contribution in [0.3, 0.4) is 0 Å². The summed E-state index contributed by atoms with van der Waals surface area (Å²) in [6.07, 6.45) is 4.30. The number of amides is 1. The standard InChI is InChI=1S/C21H22N4O2/c1-15-6-7-19-18(11-15)21-16(14-27-19)12-23-25(21)13-20(26)24(2)10-8-17-5-3-4-9-22-17/h3-7,9,11-12H,8,10,13-14H2,1-2H3. The number of likely N-dealkylation sites (N-methyl/N-ethyl adjacent to an activating group) is 1. The highest BCUT2D eigenvalue weighted by Crippen LogP contribution is 2.37.